The summed E-state index contributed by atoms with van der Waals surface area (Å²) in [6.45, 7) is 1.40. The van der Waals surface area contributed by atoms with Gasteiger partial charge in [-0.3, -0.25) is 4.79 Å². The summed E-state index contributed by atoms with van der Waals surface area (Å²) in [5, 5.41) is 5.47. The Labute approximate surface area is 68.0 Å². The maximum Gasteiger partial charge on any atom is 0.236 e. The largest absolute Gasteiger partial charge is 0.274 e. The molecular formula is C6H7N3OS. The summed E-state index contributed by atoms with van der Waals surface area (Å²) in [6.07, 6.45) is 1.50. The second kappa shape index (κ2) is 3.82. The lowest BCUT2D eigenvalue weighted by molar-refractivity contribution is -0.118. The molecule has 0 bridgehead atoms. The predicted molar refractivity (Wildman–Crippen MR) is 43.5 cm³/mol. The highest BCUT2D eigenvalue weighted by atomic mass is 32.1. The lowest BCUT2D eigenvalue weighted by Crippen LogP contribution is -2.12. The van der Waals surface area contributed by atoms with Crippen LogP contribution in [-0.4, -0.2) is 17.1 Å². The molecule has 5 heteroatoms. The number of rotatable bonds is 2. The van der Waals surface area contributed by atoms with Crippen LogP contribution in [0.15, 0.2) is 16.0 Å². The topological polar surface area (TPSA) is 54.4 Å². The molecule has 0 unspecified atom stereocenters. The Kier molecular flexibility index (Phi) is 2.74. The molecule has 0 radical (unpaired) electrons. The zero-order valence-electron chi connectivity index (χ0n) is 5.94. The van der Waals surface area contributed by atoms with E-state index in [1.165, 1.54) is 24.5 Å². The molecule has 0 aliphatic carbocycles. The van der Waals surface area contributed by atoms with Gasteiger partial charge in [-0.15, -0.1) is 11.3 Å². The number of thiazole rings is 1. The van der Waals surface area contributed by atoms with Gasteiger partial charge in [0.05, 0.1) is 17.4 Å². The van der Waals surface area contributed by atoms with E-state index in [0.29, 0.717) is 0 Å². The van der Waals surface area contributed by atoms with Gasteiger partial charge in [0.25, 0.3) is 0 Å². The number of hydrazone groups is 1. The van der Waals surface area contributed by atoms with E-state index in [0.717, 1.165) is 5.69 Å². The van der Waals surface area contributed by atoms with Crippen LogP contribution in [0.4, 0.5) is 0 Å². The van der Waals surface area contributed by atoms with E-state index in [4.69, 9.17) is 0 Å². The molecule has 1 N–H and O–H groups in total. The van der Waals surface area contributed by atoms with Gasteiger partial charge in [0, 0.05) is 12.3 Å². The second-order valence-electron chi connectivity index (χ2n) is 1.84. The Hall–Kier alpha value is -1.23. The van der Waals surface area contributed by atoms with Crippen molar-refractivity contribution < 1.29 is 4.79 Å². The van der Waals surface area contributed by atoms with Gasteiger partial charge in [0.15, 0.2) is 0 Å². The molecule has 58 valence electrons. The van der Waals surface area contributed by atoms with E-state index in [1.807, 2.05) is 5.38 Å². The fraction of sp³-hybridized carbons (Fsp3) is 0.167. The van der Waals surface area contributed by atoms with Gasteiger partial charge in [-0.25, -0.2) is 10.4 Å². The van der Waals surface area contributed by atoms with Gasteiger partial charge in [0.2, 0.25) is 5.91 Å². The summed E-state index contributed by atoms with van der Waals surface area (Å²) < 4.78 is 0. The van der Waals surface area contributed by atoms with Crippen molar-refractivity contribution in [2.45, 2.75) is 6.92 Å². The van der Waals surface area contributed by atoms with E-state index < -0.39 is 0 Å². The summed E-state index contributed by atoms with van der Waals surface area (Å²) in [4.78, 5) is 14.3. The van der Waals surface area contributed by atoms with Crippen LogP contribution in [0.3, 0.4) is 0 Å². The molecule has 1 heterocycles. The summed E-state index contributed by atoms with van der Waals surface area (Å²) in [5.41, 5.74) is 4.74. The van der Waals surface area contributed by atoms with Gasteiger partial charge in [-0.05, 0) is 0 Å². The SMILES string of the molecule is CC(=O)NN=Cc1cscn1. The first-order valence-electron chi connectivity index (χ1n) is 2.97. The van der Waals surface area contributed by atoms with Crippen LogP contribution in [0.1, 0.15) is 12.6 Å². The molecule has 1 rings (SSSR count). The van der Waals surface area contributed by atoms with Crippen molar-refractivity contribution in [2.24, 2.45) is 5.10 Å². The molecule has 11 heavy (non-hydrogen) atoms. The Morgan fingerprint density at radius 1 is 1.91 bits per heavy atom. The minimum atomic E-state index is -0.184. The molecule has 0 fully saturated rings. The Balaban J connectivity index is 2.43. The van der Waals surface area contributed by atoms with Crippen LogP contribution in [0.25, 0.3) is 0 Å². The zero-order chi connectivity index (χ0) is 8.10. The molecule has 1 amide bonds. The fourth-order valence-electron chi connectivity index (χ4n) is 0.475. The molecule has 0 spiro atoms. The van der Waals surface area contributed by atoms with Crippen molar-refractivity contribution in [3.63, 3.8) is 0 Å². The number of nitrogens with zero attached hydrogens (tertiary/aromatic N) is 2. The second-order valence-corrected chi connectivity index (χ2v) is 2.56. The summed E-state index contributed by atoms with van der Waals surface area (Å²) in [5.74, 6) is -0.184. The van der Waals surface area contributed by atoms with Crippen LogP contribution in [0, 0.1) is 0 Å². The highest BCUT2D eigenvalue weighted by Gasteiger charge is 1.87. The first kappa shape index (κ1) is 7.87. The van der Waals surface area contributed by atoms with E-state index in [1.54, 1.807) is 5.51 Å². The fourth-order valence-corrected chi connectivity index (χ4v) is 0.980. The van der Waals surface area contributed by atoms with Crippen molar-refractivity contribution >= 4 is 23.5 Å². The van der Waals surface area contributed by atoms with Crippen LogP contribution in [-0.2, 0) is 4.79 Å². The number of hydrogen-bond donors (Lipinski definition) is 1. The normalized spacial score (nSPS) is 10.3. The Morgan fingerprint density at radius 3 is 3.27 bits per heavy atom. The zero-order valence-corrected chi connectivity index (χ0v) is 6.76. The maximum absolute atomic E-state index is 10.3. The Bertz CT molecular complexity index is 255. The number of carbonyl (C=O) groups excluding carboxylic acids is 1. The van der Waals surface area contributed by atoms with E-state index in [-0.39, 0.29) is 5.91 Å². The first-order valence-corrected chi connectivity index (χ1v) is 3.91. The van der Waals surface area contributed by atoms with Crippen molar-refractivity contribution in [3.8, 4) is 0 Å². The average molecular weight is 169 g/mol. The lowest BCUT2D eigenvalue weighted by Gasteiger charge is -1.87. The summed E-state index contributed by atoms with van der Waals surface area (Å²) in [6, 6.07) is 0. The number of nitrogens with one attached hydrogen (secondary N) is 1. The first-order chi connectivity index (χ1) is 5.29. The third-order valence-electron chi connectivity index (χ3n) is 0.870. The predicted octanol–water partition coefficient (Wildman–Crippen LogP) is 0.613. The van der Waals surface area contributed by atoms with Gasteiger partial charge in [-0.2, -0.15) is 5.10 Å². The standard InChI is InChI=1S/C6H7N3OS/c1-5(10)9-8-2-6-3-11-4-7-6/h2-4H,1H3,(H,9,10). The number of hydrogen-bond acceptors (Lipinski definition) is 4. The number of amides is 1. The monoisotopic (exact) mass is 169 g/mol. The van der Waals surface area contributed by atoms with E-state index in [2.05, 4.69) is 15.5 Å². The van der Waals surface area contributed by atoms with Gasteiger partial charge in [0.1, 0.15) is 0 Å². The summed E-state index contributed by atoms with van der Waals surface area (Å²) in [7, 11) is 0. The minimum absolute atomic E-state index is 0.184. The molecule has 4 nitrogen and oxygen atoms in total. The van der Waals surface area contributed by atoms with E-state index in [9.17, 15) is 4.79 Å². The molecule has 0 aliphatic heterocycles. The van der Waals surface area contributed by atoms with Gasteiger partial charge < -0.3 is 0 Å². The highest BCUT2D eigenvalue weighted by molar-refractivity contribution is 7.07. The van der Waals surface area contributed by atoms with Crippen molar-refractivity contribution in [1.29, 1.82) is 0 Å². The molecule has 0 saturated carbocycles. The molecule has 0 atom stereocenters. The molecule has 0 saturated heterocycles. The van der Waals surface area contributed by atoms with Crippen molar-refractivity contribution in [2.75, 3.05) is 0 Å². The van der Waals surface area contributed by atoms with Gasteiger partial charge >= 0.3 is 0 Å². The van der Waals surface area contributed by atoms with Crippen molar-refractivity contribution in [3.05, 3.63) is 16.6 Å². The van der Waals surface area contributed by atoms with Gasteiger partial charge in [-0.1, -0.05) is 0 Å². The van der Waals surface area contributed by atoms with Crippen LogP contribution < -0.4 is 5.43 Å². The minimum Gasteiger partial charge on any atom is -0.274 e. The number of aromatic nitrogens is 1. The smallest absolute Gasteiger partial charge is 0.236 e. The summed E-state index contributed by atoms with van der Waals surface area (Å²) >= 11 is 1.48. The van der Waals surface area contributed by atoms with Crippen molar-refractivity contribution in [1.82, 2.24) is 10.4 Å². The number of carbonyl (C=O) groups is 1. The van der Waals surface area contributed by atoms with Crippen LogP contribution in [0.2, 0.25) is 0 Å². The average Bonchev–Trinajstić information content (AvgIpc) is 2.39. The maximum atomic E-state index is 10.3. The van der Waals surface area contributed by atoms with Crippen LogP contribution in [0.5, 0.6) is 0 Å². The molecule has 1 aromatic heterocycles. The molecule has 0 aliphatic rings. The third kappa shape index (κ3) is 2.90. The highest BCUT2D eigenvalue weighted by Crippen LogP contribution is 1.96. The van der Waals surface area contributed by atoms with Crippen LogP contribution >= 0.6 is 11.3 Å². The Morgan fingerprint density at radius 2 is 2.73 bits per heavy atom. The third-order valence-corrected chi connectivity index (χ3v) is 1.47. The van der Waals surface area contributed by atoms with E-state index >= 15 is 0 Å². The molecular weight excluding hydrogens is 162 g/mol. The lowest BCUT2D eigenvalue weighted by atomic mass is 10.6. The molecule has 0 aromatic carbocycles. The quantitative estimate of drug-likeness (QED) is 0.521. The molecule has 1 aromatic rings.